The van der Waals surface area contributed by atoms with Crippen LogP contribution in [0, 0.1) is 0 Å². The van der Waals surface area contributed by atoms with Crippen LogP contribution >= 0.6 is 0 Å². The van der Waals surface area contributed by atoms with E-state index < -0.39 is 0 Å². The summed E-state index contributed by atoms with van der Waals surface area (Å²) >= 11 is 0. The highest BCUT2D eigenvalue weighted by molar-refractivity contribution is 4.68. The van der Waals surface area contributed by atoms with Crippen molar-refractivity contribution in [1.82, 2.24) is 5.32 Å². The maximum absolute atomic E-state index is 5.22. The van der Waals surface area contributed by atoms with Gasteiger partial charge in [-0.3, -0.25) is 0 Å². The number of rotatable bonds is 9. The number of hydrogen-bond acceptors (Lipinski definition) is 3. The molecule has 1 unspecified atom stereocenters. The van der Waals surface area contributed by atoms with Gasteiger partial charge in [0, 0.05) is 14.2 Å². The molecule has 86 valence electrons. The molecule has 0 fully saturated rings. The lowest BCUT2D eigenvalue weighted by Crippen LogP contribution is -2.39. The first-order valence-corrected chi connectivity index (χ1v) is 5.53. The number of nitrogens with one attached hydrogen (secondary N) is 1. The minimum absolute atomic E-state index is 0.123. The van der Waals surface area contributed by atoms with Crippen molar-refractivity contribution >= 4 is 0 Å². The van der Waals surface area contributed by atoms with Crippen LogP contribution in [0.2, 0.25) is 0 Å². The second kappa shape index (κ2) is 9.44. The number of ether oxygens (including phenoxy) is 2. The van der Waals surface area contributed by atoms with Crippen LogP contribution in [0.3, 0.4) is 0 Å². The van der Waals surface area contributed by atoms with E-state index in [0.717, 1.165) is 6.42 Å². The van der Waals surface area contributed by atoms with Gasteiger partial charge in [-0.2, -0.15) is 0 Å². The van der Waals surface area contributed by atoms with Crippen molar-refractivity contribution in [1.29, 1.82) is 0 Å². The van der Waals surface area contributed by atoms with Gasteiger partial charge in [0.15, 0.2) is 6.29 Å². The molecule has 0 radical (unpaired) electrons. The molecular formula is C11H25NO2. The molecule has 0 aromatic carbocycles. The molecule has 0 amide bonds. The molecule has 0 spiro atoms. The molecule has 0 heterocycles. The van der Waals surface area contributed by atoms with E-state index in [4.69, 9.17) is 9.47 Å². The summed E-state index contributed by atoms with van der Waals surface area (Å²) in [5.41, 5.74) is 0. The zero-order valence-electron chi connectivity index (χ0n) is 10.0. The molecule has 0 rings (SSSR count). The van der Waals surface area contributed by atoms with Crippen molar-refractivity contribution in [3.05, 3.63) is 0 Å². The Labute approximate surface area is 88.2 Å². The Balaban J connectivity index is 3.65. The van der Waals surface area contributed by atoms with E-state index in [-0.39, 0.29) is 6.29 Å². The van der Waals surface area contributed by atoms with Crippen molar-refractivity contribution in [2.45, 2.75) is 51.4 Å². The fraction of sp³-hybridized carbons (Fsp3) is 1.00. The molecule has 0 aromatic heterocycles. The van der Waals surface area contributed by atoms with E-state index in [2.05, 4.69) is 12.2 Å². The Morgan fingerprint density at radius 3 is 2.14 bits per heavy atom. The molecule has 14 heavy (non-hydrogen) atoms. The molecule has 0 aliphatic heterocycles. The smallest absolute Gasteiger partial charge is 0.171 e. The van der Waals surface area contributed by atoms with Gasteiger partial charge >= 0.3 is 0 Å². The largest absolute Gasteiger partial charge is 0.354 e. The van der Waals surface area contributed by atoms with Crippen molar-refractivity contribution in [2.24, 2.45) is 0 Å². The first kappa shape index (κ1) is 13.9. The SMILES string of the molecule is CCCCCCC(NC)C(OC)OC. The third-order valence-electron chi connectivity index (χ3n) is 2.53. The second-order valence-corrected chi connectivity index (χ2v) is 3.58. The third-order valence-corrected chi connectivity index (χ3v) is 2.53. The van der Waals surface area contributed by atoms with Gasteiger partial charge in [-0.1, -0.05) is 32.6 Å². The van der Waals surface area contributed by atoms with E-state index in [1.165, 1.54) is 25.7 Å². The number of likely N-dealkylation sites (N-methyl/N-ethyl adjacent to an activating group) is 1. The number of unbranched alkanes of at least 4 members (excludes halogenated alkanes) is 3. The van der Waals surface area contributed by atoms with Crippen LogP contribution in [-0.2, 0) is 9.47 Å². The van der Waals surface area contributed by atoms with Crippen LogP contribution in [0.15, 0.2) is 0 Å². The summed E-state index contributed by atoms with van der Waals surface area (Å²) in [6.07, 6.45) is 6.13. The average molecular weight is 203 g/mol. The number of methoxy groups -OCH3 is 2. The van der Waals surface area contributed by atoms with Gasteiger partial charge in [0.1, 0.15) is 0 Å². The molecule has 0 bridgehead atoms. The summed E-state index contributed by atoms with van der Waals surface area (Å²) in [6, 6.07) is 0.307. The zero-order chi connectivity index (χ0) is 10.8. The van der Waals surface area contributed by atoms with E-state index in [9.17, 15) is 0 Å². The topological polar surface area (TPSA) is 30.5 Å². The van der Waals surface area contributed by atoms with Gasteiger partial charge in [0.2, 0.25) is 0 Å². The lowest BCUT2D eigenvalue weighted by Gasteiger charge is -2.24. The maximum Gasteiger partial charge on any atom is 0.171 e. The van der Waals surface area contributed by atoms with Gasteiger partial charge in [-0.05, 0) is 13.5 Å². The Hall–Kier alpha value is -0.120. The van der Waals surface area contributed by atoms with Gasteiger partial charge in [-0.25, -0.2) is 0 Å². The first-order chi connectivity index (χ1) is 6.79. The summed E-state index contributed by atoms with van der Waals surface area (Å²) in [5, 5.41) is 3.23. The standard InChI is InChI=1S/C11H25NO2/c1-5-6-7-8-9-10(12-2)11(13-3)14-4/h10-12H,5-9H2,1-4H3. The lowest BCUT2D eigenvalue weighted by molar-refractivity contribution is -0.123. The van der Waals surface area contributed by atoms with Crippen molar-refractivity contribution in [3.8, 4) is 0 Å². The Morgan fingerprint density at radius 1 is 1.07 bits per heavy atom. The molecule has 3 heteroatoms. The van der Waals surface area contributed by atoms with Crippen LogP contribution in [0.5, 0.6) is 0 Å². The van der Waals surface area contributed by atoms with Gasteiger partial charge < -0.3 is 14.8 Å². The fourth-order valence-corrected chi connectivity index (χ4v) is 1.63. The minimum atomic E-state index is -0.123. The minimum Gasteiger partial charge on any atom is -0.354 e. The van der Waals surface area contributed by atoms with Gasteiger partial charge in [-0.15, -0.1) is 0 Å². The second-order valence-electron chi connectivity index (χ2n) is 3.58. The molecule has 0 aliphatic rings. The molecule has 3 nitrogen and oxygen atoms in total. The normalized spacial score (nSPS) is 13.5. The molecule has 0 saturated heterocycles. The summed E-state index contributed by atoms with van der Waals surface area (Å²) in [7, 11) is 5.32. The Kier molecular flexibility index (Phi) is 9.35. The predicted octanol–water partition coefficient (Wildman–Crippen LogP) is 2.16. The zero-order valence-corrected chi connectivity index (χ0v) is 10.0. The molecule has 0 aromatic rings. The van der Waals surface area contributed by atoms with E-state index in [0.29, 0.717) is 6.04 Å². The van der Waals surface area contributed by atoms with E-state index >= 15 is 0 Å². The summed E-state index contributed by atoms with van der Waals surface area (Å²) < 4.78 is 10.4. The Bertz CT molecular complexity index is 116. The van der Waals surface area contributed by atoms with Crippen molar-refractivity contribution in [2.75, 3.05) is 21.3 Å². The first-order valence-electron chi connectivity index (χ1n) is 5.53. The highest BCUT2D eigenvalue weighted by atomic mass is 16.7. The van der Waals surface area contributed by atoms with Crippen LogP contribution in [-0.4, -0.2) is 33.6 Å². The van der Waals surface area contributed by atoms with Crippen LogP contribution in [0.1, 0.15) is 39.0 Å². The highest BCUT2D eigenvalue weighted by Crippen LogP contribution is 2.10. The quantitative estimate of drug-likeness (QED) is 0.460. The van der Waals surface area contributed by atoms with Crippen LogP contribution in [0.25, 0.3) is 0 Å². The van der Waals surface area contributed by atoms with Crippen molar-refractivity contribution < 1.29 is 9.47 Å². The summed E-state index contributed by atoms with van der Waals surface area (Å²) in [5.74, 6) is 0. The predicted molar refractivity (Wildman–Crippen MR) is 59.4 cm³/mol. The Morgan fingerprint density at radius 2 is 1.71 bits per heavy atom. The average Bonchev–Trinajstić information content (AvgIpc) is 2.23. The molecule has 1 N–H and O–H groups in total. The molecule has 0 saturated carbocycles. The van der Waals surface area contributed by atoms with E-state index in [1.54, 1.807) is 14.2 Å². The number of hydrogen-bond donors (Lipinski definition) is 1. The van der Waals surface area contributed by atoms with Crippen LogP contribution in [0.4, 0.5) is 0 Å². The molecule has 0 aliphatic carbocycles. The molecule has 1 atom stereocenters. The third kappa shape index (κ3) is 5.58. The van der Waals surface area contributed by atoms with Gasteiger partial charge in [0.25, 0.3) is 0 Å². The fourth-order valence-electron chi connectivity index (χ4n) is 1.63. The summed E-state index contributed by atoms with van der Waals surface area (Å²) in [4.78, 5) is 0. The lowest BCUT2D eigenvalue weighted by atomic mass is 10.1. The maximum atomic E-state index is 5.22. The van der Waals surface area contributed by atoms with E-state index in [1.807, 2.05) is 7.05 Å². The van der Waals surface area contributed by atoms with Crippen molar-refractivity contribution in [3.63, 3.8) is 0 Å². The monoisotopic (exact) mass is 203 g/mol. The summed E-state index contributed by atoms with van der Waals surface area (Å²) in [6.45, 7) is 2.22. The highest BCUT2D eigenvalue weighted by Gasteiger charge is 2.17. The molecular weight excluding hydrogens is 178 g/mol. The van der Waals surface area contributed by atoms with Crippen LogP contribution < -0.4 is 5.32 Å². The van der Waals surface area contributed by atoms with Gasteiger partial charge in [0.05, 0.1) is 6.04 Å².